The Labute approximate surface area is 106 Å². The maximum Gasteiger partial charge on any atom is 0.161 e. The first-order valence-corrected chi connectivity index (χ1v) is 7.07. The quantitative estimate of drug-likeness (QED) is 0.647. The fourth-order valence-corrected chi connectivity index (χ4v) is 2.94. The van der Waals surface area contributed by atoms with E-state index in [0.29, 0.717) is 11.3 Å². The van der Waals surface area contributed by atoms with Gasteiger partial charge in [-0.1, -0.05) is 0 Å². The summed E-state index contributed by atoms with van der Waals surface area (Å²) in [5.74, 6) is 2.42. The zero-order chi connectivity index (χ0) is 12.3. The molecule has 1 heterocycles. The molecule has 1 saturated heterocycles. The number of rotatable bonds is 2. The van der Waals surface area contributed by atoms with E-state index in [2.05, 4.69) is 4.90 Å². The molecule has 0 spiro atoms. The van der Waals surface area contributed by atoms with Crippen molar-refractivity contribution < 1.29 is 4.79 Å². The Hall–Kier alpha value is -1.16. The Morgan fingerprint density at radius 2 is 2.18 bits per heavy atom. The minimum Gasteiger partial charge on any atom is -0.398 e. The highest BCUT2D eigenvalue weighted by atomic mass is 32.2. The number of thioether (sulfide) groups is 1. The topological polar surface area (TPSA) is 46.3 Å². The summed E-state index contributed by atoms with van der Waals surface area (Å²) < 4.78 is 0. The average Bonchev–Trinajstić information content (AvgIpc) is 2.58. The third-order valence-corrected chi connectivity index (χ3v) is 4.05. The standard InChI is InChI=1S/C13H18N2OS/c1-10(16)12-9-11(3-4-13(12)14)15-5-2-7-17-8-6-15/h3-4,9H,2,5-8,14H2,1H3. The maximum absolute atomic E-state index is 11.5. The molecule has 0 atom stereocenters. The molecule has 92 valence electrons. The SMILES string of the molecule is CC(=O)c1cc(N2CCCSCC2)ccc1N. The highest BCUT2D eigenvalue weighted by Crippen LogP contribution is 2.24. The number of anilines is 2. The summed E-state index contributed by atoms with van der Waals surface area (Å²) in [6.07, 6.45) is 1.20. The van der Waals surface area contributed by atoms with Gasteiger partial charge in [0, 0.05) is 35.8 Å². The van der Waals surface area contributed by atoms with Crippen LogP contribution in [-0.4, -0.2) is 30.4 Å². The van der Waals surface area contributed by atoms with E-state index in [-0.39, 0.29) is 5.78 Å². The van der Waals surface area contributed by atoms with Crippen molar-refractivity contribution in [3.8, 4) is 0 Å². The van der Waals surface area contributed by atoms with Crippen LogP contribution in [0.15, 0.2) is 18.2 Å². The molecule has 2 N–H and O–H groups in total. The number of carbonyl (C=O) groups is 1. The van der Waals surface area contributed by atoms with E-state index >= 15 is 0 Å². The van der Waals surface area contributed by atoms with Gasteiger partial charge in [-0.3, -0.25) is 4.79 Å². The van der Waals surface area contributed by atoms with Crippen molar-refractivity contribution in [2.75, 3.05) is 35.2 Å². The predicted molar refractivity (Wildman–Crippen MR) is 75.0 cm³/mol. The number of ketones is 1. The van der Waals surface area contributed by atoms with Gasteiger partial charge in [0.15, 0.2) is 5.78 Å². The van der Waals surface area contributed by atoms with Crippen LogP contribution >= 0.6 is 11.8 Å². The van der Waals surface area contributed by atoms with Crippen LogP contribution in [0.5, 0.6) is 0 Å². The maximum atomic E-state index is 11.5. The second-order valence-electron chi connectivity index (χ2n) is 4.28. The number of benzene rings is 1. The number of hydrogen-bond donors (Lipinski definition) is 1. The van der Waals surface area contributed by atoms with Gasteiger partial charge in [-0.05, 0) is 37.3 Å². The van der Waals surface area contributed by atoms with Gasteiger partial charge in [0.2, 0.25) is 0 Å². The summed E-state index contributed by atoms with van der Waals surface area (Å²) in [6.45, 7) is 3.67. The van der Waals surface area contributed by atoms with Gasteiger partial charge >= 0.3 is 0 Å². The first kappa shape index (κ1) is 12.3. The number of carbonyl (C=O) groups excluding carboxylic acids is 1. The number of nitrogens with two attached hydrogens (primary N) is 1. The molecule has 2 rings (SSSR count). The van der Waals surface area contributed by atoms with E-state index in [1.807, 2.05) is 30.0 Å². The summed E-state index contributed by atoms with van der Waals surface area (Å²) in [7, 11) is 0. The molecule has 1 fully saturated rings. The molecular weight excluding hydrogens is 232 g/mol. The molecule has 1 aromatic carbocycles. The monoisotopic (exact) mass is 250 g/mol. The molecule has 1 aliphatic rings. The largest absolute Gasteiger partial charge is 0.398 e. The Kier molecular flexibility index (Phi) is 3.94. The normalized spacial score (nSPS) is 16.6. The van der Waals surface area contributed by atoms with Crippen molar-refractivity contribution in [2.45, 2.75) is 13.3 Å². The van der Waals surface area contributed by atoms with Gasteiger partial charge in [-0.15, -0.1) is 0 Å². The molecule has 0 saturated carbocycles. The second kappa shape index (κ2) is 5.45. The summed E-state index contributed by atoms with van der Waals surface area (Å²) in [5, 5.41) is 0. The lowest BCUT2D eigenvalue weighted by Gasteiger charge is -2.23. The van der Waals surface area contributed by atoms with Crippen LogP contribution in [0.2, 0.25) is 0 Å². The van der Waals surface area contributed by atoms with Crippen LogP contribution in [0, 0.1) is 0 Å². The molecule has 1 aromatic rings. The molecule has 0 amide bonds. The Bertz CT molecular complexity index is 412. The van der Waals surface area contributed by atoms with Crippen LogP contribution < -0.4 is 10.6 Å². The van der Waals surface area contributed by atoms with E-state index in [9.17, 15) is 4.79 Å². The van der Waals surface area contributed by atoms with Crippen LogP contribution in [0.3, 0.4) is 0 Å². The van der Waals surface area contributed by atoms with Crippen molar-refractivity contribution in [1.29, 1.82) is 0 Å². The number of nitrogen functional groups attached to an aromatic ring is 1. The number of Topliss-reactive ketones (excluding diaryl/α,β-unsaturated/α-hetero) is 1. The van der Waals surface area contributed by atoms with Crippen LogP contribution in [0.1, 0.15) is 23.7 Å². The first-order valence-electron chi connectivity index (χ1n) is 5.91. The zero-order valence-corrected chi connectivity index (χ0v) is 10.9. The fraction of sp³-hybridized carbons (Fsp3) is 0.462. The summed E-state index contributed by atoms with van der Waals surface area (Å²) in [4.78, 5) is 13.8. The molecule has 1 aliphatic heterocycles. The van der Waals surface area contributed by atoms with E-state index in [1.165, 1.54) is 12.2 Å². The molecule has 17 heavy (non-hydrogen) atoms. The van der Waals surface area contributed by atoms with E-state index < -0.39 is 0 Å². The highest BCUT2D eigenvalue weighted by molar-refractivity contribution is 7.99. The smallest absolute Gasteiger partial charge is 0.161 e. The number of hydrogen-bond acceptors (Lipinski definition) is 4. The predicted octanol–water partition coefficient (Wildman–Crippen LogP) is 2.41. The van der Waals surface area contributed by atoms with Crippen LogP contribution in [-0.2, 0) is 0 Å². The summed E-state index contributed by atoms with van der Waals surface area (Å²) in [5.41, 5.74) is 8.14. The molecular formula is C13H18N2OS. The molecule has 0 bridgehead atoms. The van der Waals surface area contributed by atoms with Gasteiger partial charge in [0.25, 0.3) is 0 Å². The molecule has 0 aliphatic carbocycles. The van der Waals surface area contributed by atoms with Gasteiger partial charge in [-0.25, -0.2) is 0 Å². The molecule has 4 heteroatoms. The van der Waals surface area contributed by atoms with Crippen molar-refractivity contribution >= 4 is 28.9 Å². The average molecular weight is 250 g/mol. The van der Waals surface area contributed by atoms with Crippen molar-refractivity contribution in [3.63, 3.8) is 0 Å². The van der Waals surface area contributed by atoms with Crippen LogP contribution in [0.4, 0.5) is 11.4 Å². The Balaban J connectivity index is 2.25. The first-order chi connectivity index (χ1) is 8.18. The minimum atomic E-state index is 0.0357. The lowest BCUT2D eigenvalue weighted by atomic mass is 10.1. The summed E-state index contributed by atoms with van der Waals surface area (Å²) >= 11 is 1.99. The molecule has 3 nitrogen and oxygen atoms in total. The highest BCUT2D eigenvalue weighted by Gasteiger charge is 2.12. The van der Waals surface area contributed by atoms with Crippen molar-refractivity contribution in [1.82, 2.24) is 0 Å². The van der Waals surface area contributed by atoms with Gasteiger partial charge in [-0.2, -0.15) is 11.8 Å². The van der Waals surface area contributed by atoms with Crippen molar-refractivity contribution in [3.05, 3.63) is 23.8 Å². The Morgan fingerprint density at radius 1 is 1.35 bits per heavy atom. The summed E-state index contributed by atoms with van der Waals surface area (Å²) in [6, 6.07) is 5.77. The van der Waals surface area contributed by atoms with Gasteiger partial charge in [0.05, 0.1) is 0 Å². The lowest BCUT2D eigenvalue weighted by molar-refractivity contribution is 0.101. The zero-order valence-electron chi connectivity index (χ0n) is 10.1. The molecule has 0 aromatic heterocycles. The van der Waals surface area contributed by atoms with E-state index in [4.69, 9.17) is 5.73 Å². The lowest BCUT2D eigenvalue weighted by Crippen LogP contribution is -2.25. The number of nitrogens with zero attached hydrogens (tertiary/aromatic N) is 1. The third-order valence-electron chi connectivity index (χ3n) is 3.00. The molecule has 0 radical (unpaired) electrons. The van der Waals surface area contributed by atoms with Crippen LogP contribution in [0.25, 0.3) is 0 Å². The second-order valence-corrected chi connectivity index (χ2v) is 5.51. The van der Waals surface area contributed by atoms with Gasteiger partial charge in [0.1, 0.15) is 0 Å². The van der Waals surface area contributed by atoms with E-state index in [0.717, 1.165) is 24.5 Å². The Morgan fingerprint density at radius 3 is 2.94 bits per heavy atom. The molecule has 0 unspecified atom stereocenters. The van der Waals surface area contributed by atoms with Gasteiger partial charge < -0.3 is 10.6 Å². The fourth-order valence-electron chi connectivity index (χ4n) is 2.05. The minimum absolute atomic E-state index is 0.0357. The van der Waals surface area contributed by atoms with Crippen molar-refractivity contribution in [2.24, 2.45) is 0 Å². The third kappa shape index (κ3) is 2.94. The van der Waals surface area contributed by atoms with E-state index in [1.54, 1.807) is 6.92 Å².